The summed E-state index contributed by atoms with van der Waals surface area (Å²) in [5, 5.41) is 2.70. The minimum atomic E-state index is -2.97. The standard InChI is InChI=1S/C18H16ClF2N3O2S/c1-27-10-16-23-13-4-2-3-5-14(13)24(16)9-17(25)22-11-6-7-15(12(19)8-11)26-18(20)21/h2-8,18H,9-10H2,1H3,(H,22,25). The monoisotopic (exact) mass is 411 g/mol. The second-order valence-electron chi connectivity index (χ2n) is 5.61. The fourth-order valence-corrected chi connectivity index (χ4v) is 3.36. The van der Waals surface area contributed by atoms with Crippen molar-refractivity contribution in [1.29, 1.82) is 0 Å². The van der Waals surface area contributed by atoms with Crippen LogP contribution in [0.15, 0.2) is 42.5 Å². The number of amides is 1. The van der Waals surface area contributed by atoms with Crippen LogP contribution in [-0.2, 0) is 17.1 Å². The van der Waals surface area contributed by atoms with Crippen LogP contribution in [0.4, 0.5) is 14.5 Å². The normalized spacial score (nSPS) is 11.1. The topological polar surface area (TPSA) is 56.2 Å². The predicted molar refractivity (Wildman–Crippen MR) is 104 cm³/mol. The highest BCUT2D eigenvalue weighted by Gasteiger charge is 2.14. The van der Waals surface area contributed by atoms with E-state index < -0.39 is 6.61 Å². The number of alkyl halides is 2. The molecule has 3 aromatic rings. The van der Waals surface area contributed by atoms with Crippen LogP contribution >= 0.6 is 23.4 Å². The van der Waals surface area contributed by atoms with E-state index in [0.29, 0.717) is 11.4 Å². The number of hydrogen-bond donors (Lipinski definition) is 1. The van der Waals surface area contributed by atoms with Crippen molar-refractivity contribution in [3.8, 4) is 5.75 Å². The van der Waals surface area contributed by atoms with E-state index in [1.165, 1.54) is 18.2 Å². The number of thioether (sulfide) groups is 1. The lowest BCUT2D eigenvalue weighted by Crippen LogP contribution is -2.20. The molecule has 0 fully saturated rings. The molecule has 0 aliphatic rings. The van der Waals surface area contributed by atoms with Crippen molar-refractivity contribution >= 4 is 46.0 Å². The number of nitrogens with one attached hydrogen (secondary N) is 1. The van der Waals surface area contributed by atoms with Crippen molar-refractivity contribution in [1.82, 2.24) is 9.55 Å². The number of para-hydroxylation sites is 2. The third-order valence-electron chi connectivity index (χ3n) is 3.74. The van der Waals surface area contributed by atoms with Gasteiger partial charge in [-0.15, -0.1) is 0 Å². The van der Waals surface area contributed by atoms with Crippen LogP contribution in [0.2, 0.25) is 5.02 Å². The molecule has 27 heavy (non-hydrogen) atoms. The number of carbonyl (C=O) groups excluding carboxylic acids is 1. The molecule has 3 rings (SSSR count). The Morgan fingerprint density at radius 2 is 2.11 bits per heavy atom. The zero-order valence-electron chi connectivity index (χ0n) is 14.3. The first kappa shape index (κ1) is 19.4. The number of rotatable bonds is 7. The Labute approximate surface area is 163 Å². The number of imidazole rings is 1. The lowest BCUT2D eigenvalue weighted by atomic mass is 10.3. The Balaban J connectivity index is 1.77. The lowest BCUT2D eigenvalue weighted by Gasteiger charge is -2.11. The van der Waals surface area contributed by atoms with Gasteiger partial charge in [-0.05, 0) is 36.6 Å². The summed E-state index contributed by atoms with van der Waals surface area (Å²) in [6.45, 7) is -2.89. The Hall–Kier alpha value is -2.32. The highest BCUT2D eigenvalue weighted by Crippen LogP contribution is 2.29. The van der Waals surface area contributed by atoms with Crippen molar-refractivity contribution in [2.45, 2.75) is 18.9 Å². The molecular weight excluding hydrogens is 396 g/mol. The summed E-state index contributed by atoms with van der Waals surface area (Å²) >= 11 is 7.53. The zero-order chi connectivity index (χ0) is 19.4. The van der Waals surface area contributed by atoms with E-state index in [4.69, 9.17) is 11.6 Å². The number of halogens is 3. The molecule has 0 aliphatic heterocycles. The van der Waals surface area contributed by atoms with E-state index in [1.54, 1.807) is 11.8 Å². The van der Waals surface area contributed by atoms with Gasteiger partial charge in [-0.25, -0.2) is 4.98 Å². The van der Waals surface area contributed by atoms with E-state index in [-0.39, 0.29) is 23.2 Å². The Morgan fingerprint density at radius 3 is 2.81 bits per heavy atom. The molecule has 0 atom stereocenters. The molecular formula is C18H16ClF2N3O2S. The number of hydrogen-bond acceptors (Lipinski definition) is 4. The molecule has 0 unspecified atom stereocenters. The van der Waals surface area contributed by atoms with Crippen molar-refractivity contribution in [3.05, 3.63) is 53.3 Å². The van der Waals surface area contributed by atoms with Crippen LogP contribution in [0.1, 0.15) is 5.82 Å². The van der Waals surface area contributed by atoms with Gasteiger partial charge in [0.15, 0.2) is 0 Å². The summed E-state index contributed by atoms with van der Waals surface area (Å²) in [6, 6.07) is 11.7. The molecule has 5 nitrogen and oxygen atoms in total. The second kappa shape index (κ2) is 8.58. The van der Waals surface area contributed by atoms with Gasteiger partial charge in [0, 0.05) is 5.69 Å². The van der Waals surface area contributed by atoms with Crippen LogP contribution in [0, 0.1) is 0 Å². The van der Waals surface area contributed by atoms with Crippen molar-refractivity contribution in [2.75, 3.05) is 11.6 Å². The first-order valence-electron chi connectivity index (χ1n) is 7.95. The van der Waals surface area contributed by atoms with Gasteiger partial charge in [0.2, 0.25) is 5.91 Å². The molecule has 0 radical (unpaired) electrons. The van der Waals surface area contributed by atoms with E-state index in [1.807, 2.05) is 35.1 Å². The quantitative estimate of drug-likeness (QED) is 0.607. The maximum atomic E-state index is 12.5. The number of nitrogens with zero attached hydrogens (tertiary/aromatic N) is 2. The van der Waals surface area contributed by atoms with Crippen LogP contribution in [-0.4, -0.2) is 28.3 Å². The fourth-order valence-electron chi connectivity index (χ4n) is 2.66. The Kier molecular flexibility index (Phi) is 6.18. The molecule has 142 valence electrons. The van der Waals surface area contributed by atoms with Crippen LogP contribution < -0.4 is 10.1 Å². The van der Waals surface area contributed by atoms with Gasteiger partial charge >= 0.3 is 6.61 Å². The lowest BCUT2D eigenvalue weighted by molar-refractivity contribution is -0.116. The Bertz CT molecular complexity index is 965. The molecule has 0 spiro atoms. The van der Waals surface area contributed by atoms with E-state index in [0.717, 1.165) is 16.9 Å². The molecule has 1 aromatic heterocycles. The highest BCUT2D eigenvalue weighted by molar-refractivity contribution is 7.97. The number of anilines is 1. The summed E-state index contributed by atoms with van der Waals surface area (Å²) in [6.07, 6.45) is 1.97. The third-order valence-corrected chi connectivity index (χ3v) is 4.58. The van der Waals surface area contributed by atoms with Crippen LogP contribution in [0.25, 0.3) is 11.0 Å². The molecule has 1 N–H and O–H groups in total. The molecule has 9 heteroatoms. The molecule has 1 heterocycles. The summed E-state index contributed by atoms with van der Waals surface area (Å²) in [5.41, 5.74) is 2.09. The maximum absolute atomic E-state index is 12.5. The van der Waals surface area contributed by atoms with Gasteiger partial charge in [0.25, 0.3) is 0 Å². The van der Waals surface area contributed by atoms with Crippen LogP contribution in [0.3, 0.4) is 0 Å². The van der Waals surface area contributed by atoms with Crippen molar-refractivity contribution in [3.63, 3.8) is 0 Å². The van der Waals surface area contributed by atoms with Crippen molar-refractivity contribution < 1.29 is 18.3 Å². The zero-order valence-corrected chi connectivity index (χ0v) is 15.9. The molecule has 2 aromatic carbocycles. The molecule has 0 saturated heterocycles. The largest absolute Gasteiger partial charge is 0.433 e. The van der Waals surface area contributed by atoms with E-state index >= 15 is 0 Å². The maximum Gasteiger partial charge on any atom is 0.387 e. The average molecular weight is 412 g/mol. The average Bonchev–Trinajstić information content (AvgIpc) is 2.95. The number of ether oxygens (including phenoxy) is 1. The minimum Gasteiger partial charge on any atom is -0.433 e. The van der Waals surface area contributed by atoms with Crippen LogP contribution in [0.5, 0.6) is 5.75 Å². The minimum absolute atomic E-state index is 0.00995. The van der Waals surface area contributed by atoms with Gasteiger partial charge in [-0.3, -0.25) is 4.79 Å². The van der Waals surface area contributed by atoms with Gasteiger partial charge in [0.05, 0.1) is 21.8 Å². The van der Waals surface area contributed by atoms with E-state index in [9.17, 15) is 13.6 Å². The molecule has 1 amide bonds. The van der Waals surface area contributed by atoms with Gasteiger partial charge in [-0.1, -0.05) is 23.7 Å². The fraction of sp³-hybridized carbons (Fsp3) is 0.222. The summed E-state index contributed by atoms with van der Waals surface area (Å²) in [7, 11) is 0. The van der Waals surface area contributed by atoms with Gasteiger partial charge < -0.3 is 14.6 Å². The number of carbonyl (C=O) groups is 1. The second-order valence-corrected chi connectivity index (χ2v) is 6.88. The summed E-state index contributed by atoms with van der Waals surface area (Å²) in [4.78, 5) is 17.1. The third kappa shape index (κ3) is 4.70. The highest BCUT2D eigenvalue weighted by atomic mass is 35.5. The van der Waals surface area contributed by atoms with Crippen molar-refractivity contribution in [2.24, 2.45) is 0 Å². The van der Waals surface area contributed by atoms with Gasteiger partial charge in [-0.2, -0.15) is 20.5 Å². The molecule has 0 aliphatic carbocycles. The predicted octanol–water partition coefficient (Wildman–Crippen LogP) is 4.79. The SMILES string of the molecule is CSCc1nc2ccccc2n1CC(=O)Nc1ccc(OC(F)F)c(Cl)c1. The molecule has 0 bridgehead atoms. The number of fused-ring (bicyclic) bond motifs is 1. The summed E-state index contributed by atoms with van der Waals surface area (Å²) < 4.78 is 30.7. The summed E-state index contributed by atoms with van der Waals surface area (Å²) in [5.74, 6) is 1.05. The number of benzene rings is 2. The first-order valence-corrected chi connectivity index (χ1v) is 9.72. The van der Waals surface area contributed by atoms with Gasteiger partial charge in [0.1, 0.15) is 18.1 Å². The first-order chi connectivity index (χ1) is 13.0. The van der Waals surface area contributed by atoms with E-state index in [2.05, 4.69) is 15.0 Å². The smallest absolute Gasteiger partial charge is 0.387 e. The molecule has 0 saturated carbocycles. The number of aromatic nitrogens is 2. The Morgan fingerprint density at radius 1 is 1.33 bits per heavy atom.